The summed E-state index contributed by atoms with van der Waals surface area (Å²) in [4.78, 5) is 13.3. The molecule has 4 aromatic rings. The zero-order valence-corrected chi connectivity index (χ0v) is 15.7. The second-order valence-corrected chi connectivity index (χ2v) is 6.49. The van der Waals surface area contributed by atoms with Gasteiger partial charge in [0.15, 0.2) is 0 Å². The van der Waals surface area contributed by atoms with Gasteiger partial charge < -0.3 is 15.8 Å². The summed E-state index contributed by atoms with van der Waals surface area (Å²) in [6.45, 7) is 1.03. The SMILES string of the molecule is Cc1ccc2nc(C)n(-c3cc(N)nc(Nc4ccc(OC(F)F)cc4)n3)c2c1. The molecule has 0 atom stereocenters. The Morgan fingerprint density at radius 2 is 1.76 bits per heavy atom. The second-order valence-electron chi connectivity index (χ2n) is 6.49. The molecule has 0 aliphatic carbocycles. The zero-order valence-electron chi connectivity index (χ0n) is 15.7. The van der Waals surface area contributed by atoms with Crippen molar-refractivity contribution >= 4 is 28.5 Å². The van der Waals surface area contributed by atoms with Crippen molar-refractivity contribution in [2.75, 3.05) is 11.1 Å². The largest absolute Gasteiger partial charge is 0.435 e. The van der Waals surface area contributed by atoms with Crippen molar-refractivity contribution in [3.8, 4) is 11.6 Å². The normalized spacial score (nSPS) is 11.2. The smallest absolute Gasteiger partial charge is 0.387 e. The maximum Gasteiger partial charge on any atom is 0.387 e. The summed E-state index contributed by atoms with van der Waals surface area (Å²) in [5.74, 6) is 1.96. The second kappa shape index (κ2) is 7.34. The Balaban J connectivity index is 1.69. The minimum absolute atomic E-state index is 0.0654. The number of nitrogen functional groups attached to an aromatic ring is 1. The molecule has 0 fully saturated rings. The number of hydrogen-bond donors (Lipinski definition) is 2. The molecule has 148 valence electrons. The van der Waals surface area contributed by atoms with Gasteiger partial charge in [0.2, 0.25) is 5.95 Å². The van der Waals surface area contributed by atoms with Crippen LogP contribution in [0.1, 0.15) is 11.4 Å². The van der Waals surface area contributed by atoms with Crippen molar-refractivity contribution in [2.45, 2.75) is 20.5 Å². The Hall–Kier alpha value is -3.75. The summed E-state index contributed by atoms with van der Waals surface area (Å²) in [7, 11) is 0. The van der Waals surface area contributed by atoms with Gasteiger partial charge in [-0.05, 0) is 55.8 Å². The highest BCUT2D eigenvalue weighted by atomic mass is 19.3. The van der Waals surface area contributed by atoms with Gasteiger partial charge in [0.1, 0.15) is 23.2 Å². The molecule has 0 saturated carbocycles. The summed E-state index contributed by atoms with van der Waals surface area (Å²) in [6.07, 6.45) is 0. The number of hydrogen-bond acceptors (Lipinski definition) is 6. The third-order valence-corrected chi connectivity index (χ3v) is 4.27. The van der Waals surface area contributed by atoms with E-state index in [2.05, 4.69) is 25.0 Å². The number of nitrogens with zero attached hydrogens (tertiary/aromatic N) is 4. The lowest BCUT2D eigenvalue weighted by Crippen LogP contribution is -2.07. The van der Waals surface area contributed by atoms with Gasteiger partial charge in [-0.25, -0.2) is 4.98 Å². The topological polar surface area (TPSA) is 90.9 Å². The van der Waals surface area contributed by atoms with Gasteiger partial charge in [-0.1, -0.05) is 6.07 Å². The number of anilines is 3. The van der Waals surface area contributed by atoms with Gasteiger partial charge in [-0.2, -0.15) is 18.7 Å². The van der Waals surface area contributed by atoms with Crippen LogP contribution in [0, 0.1) is 13.8 Å². The first-order valence-electron chi connectivity index (χ1n) is 8.81. The lowest BCUT2D eigenvalue weighted by atomic mass is 10.2. The summed E-state index contributed by atoms with van der Waals surface area (Å²) in [5, 5.41) is 3.03. The van der Waals surface area contributed by atoms with Gasteiger partial charge >= 0.3 is 6.61 Å². The standard InChI is InChI=1S/C20H18F2N6O/c1-11-3-8-15-16(9-11)28(12(2)24-15)18-10-17(23)26-20(27-18)25-13-4-6-14(7-5-13)29-19(21)22/h3-10,19H,1-2H3,(H3,23,25,26,27). The molecule has 2 aromatic heterocycles. The van der Waals surface area contributed by atoms with Crippen LogP contribution in [-0.4, -0.2) is 26.1 Å². The van der Waals surface area contributed by atoms with Crippen LogP contribution in [0.5, 0.6) is 5.75 Å². The number of fused-ring (bicyclic) bond motifs is 1. The van der Waals surface area contributed by atoms with E-state index in [0.717, 1.165) is 22.4 Å². The first-order chi connectivity index (χ1) is 13.9. The molecular formula is C20H18F2N6O. The van der Waals surface area contributed by atoms with Crippen LogP contribution in [0.3, 0.4) is 0 Å². The highest BCUT2D eigenvalue weighted by Gasteiger charge is 2.13. The maximum atomic E-state index is 12.3. The quantitative estimate of drug-likeness (QED) is 0.521. The highest BCUT2D eigenvalue weighted by Crippen LogP contribution is 2.24. The molecule has 0 bridgehead atoms. The van der Waals surface area contributed by atoms with E-state index in [-0.39, 0.29) is 17.5 Å². The minimum atomic E-state index is -2.87. The molecule has 0 unspecified atom stereocenters. The van der Waals surface area contributed by atoms with Gasteiger partial charge in [0.25, 0.3) is 0 Å². The third kappa shape index (κ3) is 3.93. The number of nitrogens with one attached hydrogen (secondary N) is 1. The highest BCUT2D eigenvalue weighted by molar-refractivity contribution is 5.79. The summed E-state index contributed by atoms with van der Waals surface area (Å²) in [5.41, 5.74) is 9.47. The number of rotatable bonds is 5. The lowest BCUT2D eigenvalue weighted by Gasteiger charge is -2.11. The Morgan fingerprint density at radius 1 is 1.00 bits per heavy atom. The number of ether oxygens (including phenoxy) is 1. The Kier molecular flexibility index (Phi) is 4.71. The molecule has 29 heavy (non-hydrogen) atoms. The van der Waals surface area contributed by atoms with Crippen molar-refractivity contribution in [1.29, 1.82) is 0 Å². The molecule has 0 spiro atoms. The van der Waals surface area contributed by atoms with Crippen LogP contribution in [-0.2, 0) is 0 Å². The maximum absolute atomic E-state index is 12.3. The van der Waals surface area contributed by atoms with E-state index < -0.39 is 6.61 Å². The fraction of sp³-hybridized carbons (Fsp3) is 0.150. The number of halogens is 2. The molecule has 9 heteroatoms. The zero-order chi connectivity index (χ0) is 20.5. The van der Waals surface area contributed by atoms with Gasteiger partial charge in [-0.15, -0.1) is 0 Å². The van der Waals surface area contributed by atoms with E-state index in [9.17, 15) is 8.78 Å². The van der Waals surface area contributed by atoms with Crippen molar-refractivity contribution in [2.24, 2.45) is 0 Å². The molecule has 0 aliphatic rings. The van der Waals surface area contributed by atoms with E-state index in [1.54, 1.807) is 18.2 Å². The number of alkyl halides is 2. The molecule has 0 amide bonds. The van der Waals surface area contributed by atoms with Crippen molar-refractivity contribution in [1.82, 2.24) is 19.5 Å². The molecular weight excluding hydrogens is 378 g/mol. The van der Waals surface area contributed by atoms with Crippen molar-refractivity contribution < 1.29 is 13.5 Å². The summed E-state index contributed by atoms with van der Waals surface area (Å²) >= 11 is 0. The lowest BCUT2D eigenvalue weighted by molar-refractivity contribution is -0.0498. The molecule has 0 radical (unpaired) electrons. The van der Waals surface area contributed by atoms with Gasteiger partial charge in [0.05, 0.1) is 11.0 Å². The fourth-order valence-corrected chi connectivity index (χ4v) is 3.07. The van der Waals surface area contributed by atoms with Crippen LogP contribution in [0.25, 0.3) is 16.9 Å². The first kappa shape index (κ1) is 18.6. The third-order valence-electron chi connectivity index (χ3n) is 4.27. The predicted molar refractivity (Wildman–Crippen MR) is 107 cm³/mol. The van der Waals surface area contributed by atoms with Crippen LogP contribution >= 0.6 is 0 Å². The van der Waals surface area contributed by atoms with E-state index in [0.29, 0.717) is 11.5 Å². The Morgan fingerprint density at radius 3 is 2.48 bits per heavy atom. The summed E-state index contributed by atoms with van der Waals surface area (Å²) in [6, 6.07) is 13.7. The minimum Gasteiger partial charge on any atom is -0.435 e. The Bertz CT molecular complexity index is 1170. The van der Waals surface area contributed by atoms with Crippen LogP contribution in [0.4, 0.5) is 26.2 Å². The average molecular weight is 396 g/mol. The molecule has 4 rings (SSSR count). The summed E-state index contributed by atoms with van der Waals surface area (Å²) < 4.78 is 30.8. The predicted octanol–water partition coefficient (Wildman–Crippen LogP) is 4.36. The molecule has 3 N–H and O–H groups in total. The van der Waals surface area contributed by atoms with E-state index in [1.807, 2.05) is 36.6 Å². The van der Waals surface area contributed by atoms with Crippen molar-refractivity contribution in [3.63, 3.8) is 0 Å². The molecule has 0 saturated heterocycles. The number of nitrogens with two attached hydrogens (primary N) is 1. The molecule has 2 aromatic carbocycles. The monoisotopic (exact) mass is 396 g/mol. The van der Waals surface area contributed by atoms with Gasteiger partial charge in [-0.3, -0.25) is 4.57 Å². The fourth-order valence-electron chi connectivity index (χ4n) is 3.07. The van der Waals surface area contributed by atoms with Crippen LogP contribution in [0.2, 0.25) is 0 Å². The van der Waals surface area contributed by atoms with Crippen molar-refractivity contribution in [3.05, 3.63) is 59.9 Å². The number of imidazole rings is 1. The number of benzene rings is 2. The van der Waals surface area contributed by atoms with Gasteiger partial charge in [0, 0.05) is 11.8 Å². The van der Waals surface area contributed by atoms with E-state index in [1.165, 1.54) is 12.1 Å². The van der Waals surface area contributed by atoms with E-state index >= 15 is 0 Å². The molecule has 2 heterocycles. The number of aryl methyl sites for hydroxylation is 2. The average Bonchev–Trinajstić information content (AvgIpc) is 2.97. The molecule has 7 nitrogen and oxygen atoms in total. The van der Waals surface area contributed by atoms with E-state index in [4.69, 9.17) is 5.73 Å². The Labute approximate surface area is 165 Å². The van der Waals surface area contributed by atoms with Crippen LogP contribution < -0.4 is 15.8 Å². The first-order valence-corrected chi connectivity index (χ1v) is 8.81. The van der Waals surface area contributed by atoms with Crippen LogP contribution in [0.15, 0.2) is 48.5 Å². The number of aromatic nitrogens is 4. The molecule has 0 aliphatic heterocycles.